The quantitative estimate of drug-likeness (QED) is 0.802. The van der Waals surface area contributed by atoms with Crippen molar-refractivity contribution in [3.63, 3.8) is 0 Å². The number of benzene rings is 2. The monoisotopic (exact) mass is 363 g/mol. The maximum atomic E-state index is 12.5. The number of carbonyl (C=O) groups excluding carboxylic acids is 1. The fraction of sp³-hybridized carbons (Fsp3) is 0.350. The lowest BCUT2D eigenvalue weighted by atomic mass is 9.97. The van der Waals surface area contributed by atoms with Crippen molar-refractivity contribution in [3.05, 3.63) is 58.1 Å². The van der Waals surface area contributed by atoms with Crippen molar-refractivity contribution in [2.45, 2.75) is 33.8 Å². The molecule has 1 N–H and O–H groups in total. The molecule has 0 unspecified atom stereocenters. The molecule has 0 fully saturated rings. The molecule has 0 aliphatic rings. The number of ether oxygens (including phenoxy) is 2. The second-order valence-corrected chi connectivity index (χ2v) is 6.13. The fourth-order valence-corrected chi connectivity index (χ4v) is 3.01. The lowest BCUT2D eigenvalue weighted by Gasteiger charge is -2.13. The van der Waals surface area contributed by atoms with Crippen LogP contribution in [0.15, 0.2) is 30.3 Å². The molecule has 0 atom stereocenters. The fourth-order valence-electron chi connectivity index (χ4n) is 3.01. The molecule has 0 spiro atoms. The van der Waals surface area contributed by atoms with Crippen molar-refractivity contribution < 1.29 is 23.0 Å². The lowest BCUT2D eigenvalue weighted by molar-refractivity contribution is -0.0512. The Bertz CT molecular complexity index is 768. The second kappa shape index (κ2) is 8.65. The molecule has 0 saturated carbocycles. The number of halogens is 2. The van der Waals surface area contributed by atoms with Crippen molar-refractivity contribution in [2.24, 2.45) is 0 Å². The van der Waals surface area contributed by atoms with Crippen LogP contribution >= 0.6 is 0 Å². The molecular formula is C20H23F2NO3. The Balaban J connectivity index is 2.04. The van der Waals surface area contributed by atoms with Crippen molar-refractivity contribution in [3.8, 4) is 11.5 Å². The van der Waals surface area contributed by atoms with E-state index in [0.717, 1.165) is 0 Å². The van der Waals surface area contributed by atoms with Crippen molar-refractivity contribution >= 4 is 5.91 Å². The molecule has 0 aromatic heterocycles. The molecule has 6 heteroatoms. The highest BCUT2D eigenvalue weighted by Crippen LogP contribution is 2.29. The summed E-state index contributed by atoms with van der Waals surface area (Å²) >= 11 is 0. The van der Waals surface area contributed by atoms with E-state index >= 15 is 0 Å². The Labute approximate surface area is 152 Å². The van der Waals surface area contributed by atoms with Gasteiger partial charge in [0.2, 0.25) is 0 Å². The van der Waals surface area contributed by atoms with E-state index in [0.29, 0.717) is 13.0 Å². The number of amides is 1. The largest absolute Gasteiger partial charge is 0.493 e. The van der Waals surface area contributed by atoms with E-state index < -0.39 is 6.61 Å². The van der Waals surface area contributed by atoms with Crippen LogP contribution in [0.2, 0.25) is 0 Å². The normalized spacial score (nSPS) is 10.7. The van der Waals surface area contributed by atoms with Gasteiger partial charge in [-0.2, -0.15) is 8.78 Å². The molecule has 0 heterocycles. The number of hydrogen-bond acceptors (Lipinski definition) is 3. The molecule has 0 bridgehead atoms. The van der Waals surface area contributed by atoms with Crippen LogP contribution in [0.25, 0.3) is 0 Å². The van der Waals surface area contributed by atoms with Crippen LogP contribution in [0, 0.1) is 20.8 Å². The Morgan fingerprint density at radius 1 is 1.08 bits per heavy atom. The molecule has 2 aromatic rings. The van der Waals surface area contributed by atoms with Gasteiger partial charge in [0.15, 0.2) is 11.5 Å². The van der Waals surface area contributed by atoms with Gasteiger partial charge >= 0.3 is 6.61 Å². The number of hydrogen-bond donors (Lipinski definition) is 1. The predicted molar refractivity (Wildman–Crippen MR) is 96.3 cm³/mol. The van der Waals surface area contributed by atoms with Gasteiger partial charge in [-0.3, -0.25) is 4.79 Å². The van der Waals surface area contributed by atoms with E-state index in [9.17, 15) is 13.6 Å². The first kappa shape index (κ1) is 19.7. The van der Waals surface area contributed by atoms with Crippen LogP contribution in [0.5, 0.6) is 11.5 Å². The van der Waals surface area contributed by atoms with E-state index in [2.05, 4.69) is 36.0 Å². The summed E-state index contributed by atoms with van der Waals surface area (Å²) < 4.78 is 34.3. The summed E-state index contributed by atoms with van der Waals surface area (Å²) in [6.45, 7) is 3.60. The highest BCUT2D eigenvalue weighted by molar-refractivity contribution is 5.94. The van der Waals surface area contributed by atoms with Crippen LogP contribution in [0.3, 0.4) is 0 Å². The summed E-state index contributed by atoms with van der Waals surface area (Å²) in [4.78, 5) is 12.3. The summed E-state index contributed by atoms with van der Waals surface area (Å²) in [5.74, 6) is -0.373. The van der Waals surface area contributed by atoms with E-state index in [1.54, 1.807) is 0 Å². The molecule has 0 radical (unpaired) electrons. The van der Waals surface area contributed by atoms with E-state index in [4.69, 9.17) is 4.74 Å². The van der Waals surface area contributed by atoms with Gasteiger partial charge in [0, 0.05) is 12.1 Å². The third-order valence-electron chi connectivity index (χ3n) is 4.14. The van der Waals surface area contributed by atoms with Crippen LogP contribution in [-0.2, 0) is 6.42 Å². The first-order valence-corrected chi connectivity index (χ1v) is 8.29. The predicted octanol–water partition coefficient (Wildman–Crippen LogP) is 4.19. The number of nitrogens with one attached hydrogen (secondary N) is 1. The van der Waals surface area contributed by atoms with E-state index in [-0.39, 0.29) is 23.0 Å². The average molecular weight is 363 g/mol. The first-order valence-electron chi connectivity index (χ1n) is 8.29. The topological polar surface area (TPSA) is 47.6 Å². The SMILES string of the molecule is COc1ccc(C(=O)NCCc2c(C)cc(C)cc2C)cc1OC(F)F. The third kappa shape index (κ3) is 4.94. The Morgan fingerprint density at radius 3 is 2.31 bits per heavy atom. The summed E-state index contributed by atoms with van der Waals surface area (Å²) in [7, 11) is 1.35. The van der Waals surface area contributed by atoms with Crippen LogP contribution in [-0.4, -0.2) is 26.2 Å². The maximum Gasteiger partial charge on any atom is 0.387 e. The van der Waals surface area contributed by atoms with Crippen molar-refractivity contribution in [1.29, 1.82) is 0 Å². The number of rotatable bonds is 7. The Kier molecular flexibility index (Phi) is 6.55. The summed E-state index contributed by atoms with van der Waals surface area (Å²) in [5, 5.41) is 2.81. The van der Waals surface area contributed by atoms with Gasteiger partial charge in [-0.15, -0.1) is 0 Å². The molecule has 1 amide bonds. The van der Waals surface area contributed by atoms with Gasteiger partial charge < -0.3 is 14.8 Å². The molecule has 0 saturated heterocycles. The van der Waals surface area contributed by atoms with Gasteiger partial charge in [0.1, 0.15) is 0 Å². The maximum absolute atomic E-state index is 12.5. The van der Waals surface area contributed by atoms with Gasteiger partial charge in [-0.05, 0) is 62.1 Å². The average Bonchev–Trinajstić information content (AvgIpc) is 2.56. The summed E-state index contributed by atoms with van der Waals surface area (Å²) in [6, 6.07) is 8.42. The standard InChI is InChI=1S/C20H23F2NO3/c1-12-9-13(2)16(14(3)10-12)7-8-23-19(24)15-5-6-17(25-4)18(11-15)26-20(21)22/h5-6,9-11,20H,7-8H2,1-4H3,(H,23,24). The van der Waals surface area contributed by atoms with Crippen LogP contribution in [0.1, 0.15) is 32.6 Å². The van der Waals surface area contributed by atoms with E-state index in [1.165, 1.54) is 47.6 Å². The minimum Gasteiger partial charge on any atom is -0.493 e. The number of alkyl halides is 2. The molecule has 2 rings (SSSR count). The molecule has 26 heavy (non-hydrogen) atoms. The van der Waals surface area contributed by atoms with Crippen molar-refractivity contribution in [2.75, 3.05) is 13.7 Å². The third-order valence-corrected chi connectivity index (χ3v) is 4.14. The molecular weight excluding hydrogens is 340 g/mol. The molecule has 4 nitrogen and oxygen atoms in total. The lowest BCUT2D eigenvalue weighted by Crippen LogP contribution is -2.26. The van der Waals surface area contributed by atoms with Gasteiger partial charge in [-0.1, -0.05) is 17.7 Å². The van der Waals surface area contributed by atoms with Crippen molar-refractivity contribution in [1.82, 2.24) is 5.32 Å². The highest BCUT2D eigenvalue weighted by atomic mass is 19.3. The van der Waals surface area contributed by atoms with Crippen LogP contribution in [0.4, 0.5) is 8.78 Å². The highest BCUT2D eigenvalue weighted by Gasteiger charge is 2.14. The molecule has 140 valence electrons. The number of carbonyl (C=O) groups is 1. The van der Waals surface area contributed by atoms with Gasteiger partial charge in [0.25, 0.3) is 5.91 Å². The summed E-state index contributed by atoms with van der Waals surface area (Å²) in [5.41, 5.74) is 5.02. The van der Waals surface area contributed by atoms with E-state index in [1.807, 2.05) is 6.92 Å². The second-order valence-electron chi connectivity index (χ2n) is 6.13. The molecule has 0 aliphatic heterocycles. The Hall–Kier alpha value is -2.63. The number of aryl methyl sites for hydroxylation is 3. The minimum absolute atomic E-state index is 0.146. The number of methoxy groups -OCH3 is 1. The summed E-state index contributed by atoms with van der Waals surface area (Å²) in [6.07, 6.45) is 0.695. The zero-order valence-electron chi connectivity index (χ0n) is 15.4. The minimum atomic E-state index is -2.99. The molecule has 0 aliphatic carbocycles. The van der Waals surface area contributed by atoms with Gasteiger partial charge in [-0.25, -0.2) is 0 Å². The first-order chi connectivity index (χ1) is 12.3. The van der Waals surface area contributed by atoms with Crippen LogP contribution < -0.4 is 14.8 Å². The smallest absolute Gasteiger partial charge is 0.387 e. The molecule has 2 aromatic carbocycles. The zero-order chi connectivity index (χ0) is 19.3. The Morgan fingerprint density at radius 2 is 1.73 bits per heavy atom. The van der Waals surface area contributed by atoms with Gasteiger partial charge in [0.05, 0.1) is 7.11 Å². The zero-order valence-corrected chi connectivity index (χ0v) is 15.4.